The summed E-state index contributed by atoms with van der Waals surface area (Å²) in [5.41, 5.74) is 0.440. The Kier molecular flexibility index (Phi) is 7.91. The molecule has 1 saturated heterocycles. The fourth-order valence-electron chi connectivity index (χ4n) is 2.94. The fourth-order valence-corrected chi connectivity index (χ4v) is 3.11. The van der Waals surface area contributed by atoms with E-state index in [9.17, 15) is 14.4 Å². The zero-order chi connectivity index (χ0) is 19.8. The van der Waals surface area contributed by atoms with E-state index in [1.165, 1.54) is 12.0 Å². The van der Waals surface area contributed by atoms with Crippen molar-refractivity contribution in [3.63, 3.8) is 0 Å². The van der Waals surface area contributed by atoms with Crippen LogP contribution >= 0.6 is 11.6 Å². The SMILES string of the molecule is COc1ccc(Cl)cc1NC(=O)CN(C)C(=O)CN1CCCCCCC1=O. The number of methoxy groups -OCH3 is 1. The summed E-state index contributed by atoms with van der Waals surface area (Å²) in [6.07, 6.45) is 4.37. The second-order valence-corrected chi connectivity index (χ2v) is 7.06. The number of halogens is 1. The summed E-state index contributed by atoms with van der Waals surface area (Å²) in [6.45, 7) is 0.462. The molecule has 1 heterocycles. The first-order valence-corrected chi connectivity index (χ1v) is 9.43. The molecular formula is C19H26ClN3O4. The molecule has 0 saturated carbocycles. The van der Waals surface area contributed by atoms with Crippen LogP contribution in [0.25, 0.3) is 0 Å². The number of likely N-dealkylation sites (N-methyl/N-ethyl adjacent to an activating group) is 1. The number of rotatable bonds is 6. The van der Waals surface area contributed by atoms with Gasteiger partial charge in [-0.1, -0.05) is 24.4 Å². The smallest absolute Gasteiger partial charge is 0.244 e. The molecule has 27 heavy (non-hydrogen) atoms. The minimum atomic E-state index is -0.370. The first kappa shape index (κ1) is 21.0. The largest absolute Gasteiger partial charge is 0.495 e. The van der Waals surface area contributed by atoms with Gasteiger partial charge in [-0.3, -0.25) is 14.4 Å². The van der Waals surface area contributed by atoms with E-state index in [4.69, 9.17) is 16.3 Å². The molecule has 2 rings (SSSR count). The summed E-state index contributed by atoms with van der Waals surface area (Å²) in [7, 11) is 3.04. The van der Waals surface area contributed by atoms with Gasteiger partial charge in [-0.15, -0.1) is 0 Å². The van der Waals surface area contributed by atoms with Crippen LogP contribution in [0.15, 0.2) is 18.2 Å². The normalized spacial score (nSPS) is 14.9. The Bertz CT molecular complexity index is 696. The first-order valence-electron chi connectivity index (χ1n) is 9.06. The molecule has 0 aromatic heterocycles. The molecule has 0 radical (unpaired) electrons. The number of ether oxygens (including phenoxy) is 1. The third-order valence-electron chi connectivity index (χ3n) is 4.49. The van der Waals surface area contributed by atoms with Crippen molar-refractivity contribution in [2.24, 2.45) is 0 Å². The molecule has 3 amide bonds. The van der Waals surface area contributed by atoms with Crippen molar-refractivity contribution in [2.75, 3.05) is 39.1 Å². The van der Waals surface area contributed by atoms with Crippen molar-refractivity contribution >= 4 is 35.0 Å². The third-order valence-corrected chi connectivity index (χ3v) is 4.72. The average Bonchev–Trinajstić information content (AvgIpc) is 2.61. The zero-order valence-electron chi connectivity index (χ0n) is 15.8. The van der Waals surface area contributed by atoms with E-state index in [-0.39, 0.29) is 30.8 Å². The Hall–Kier alpha value is -2.28. The molecule has 8 heteroatoms. The van der Waals surface area contributed by atoms with Crippen LogP contribution in [0.4, 0.5) is 5.69 Å². The quantitative estimate of drug-likeness (QED) is 0.802. The van der Waals surface area contributed by atoms with Crippen LogP contribution < -0.4 is 10.1 Å². The van der Waals surface area contributed by atoms with Crippen LogP contribution in [0, 0.1) is 0 Å². The molecule has 0 bridgehead atoms. The van der Waals surface area contributed by atoms with Crippen LogP contribution in [-0.4, -0.2) is 61.3 Å². The molecule has 0 atom stereocenters. The maximum Gasteiger partial charge on any atom is 0.244 e. The van der Waals surface area contributed by atoms with E-state index in [2.05, 4.69) is 5.32 Å². The lowest BCUT2D eigenvalue weighted by molar-refractivity contribution is -0.141. The number of amides is 3. The Morgan fingerprint density at radius 1 is 1.26 bits per heavy atom. The first-order chi connectivity index (χ1) is 12.9. The van der Waals surface area contributed by atoms with Crippen LogP contribution in [-0.2, 0) is 14.4 Å². The Labute approximate surface area is 164 Å². The highest BCUT2D eigenvalue weighted by atomic mass is 35.5. The van der Waals surface area contributed by atoms with E-state index < -0.39 is 0 Å². The molecule has 1 aliphatic heterocycles. The summed E-state index contributed by atoms with van der Waals surface area (Å²) >= 11 is 5.95. The standard InChI is InChI=1S/C19H26ClN3O4/c1-22(19(26)13-23-10-6-4-3-5-7-18(23)25)12-17(24)21-15-11-14(20)8-9-16(15)27-2/h8-9,11H,3-7,10,12-13H2,1-2H3,(H,21,24). The van der Waals surface area contributed by atoms with Gasteiger partial charge in [0, 0.05) is 25.0 Å². The minimum Gasteiger partial charge on any atom is -0.495 e. The van der Waals surface area contributed by atoms with Gasteiger partial charge in [-0.2, -0.15) is 0 Å². The molecule has 0 aliphatic carbocycles. The summed E-state index contributed by atoms with van der Waals surface area (Å²) in [5.74, 6) is -0.153. The number of carbonyl (C=O) groups is 3. The molecule has 1 aromatic rings. The highest BCUT2D eigenvalue weighted by Crippen LogP contribution is 2.27. The summed E-state index contributed by atoms with van der Waals surface area (Å²) in [5, 5.41) is 3.16. The van der Waals surface area contributed by atoms with Gasteiger partial charge in [-0.05, 0) is 31.0 Å². The van der Waals surface area contributed by atoms with Gasteiger partial charge in [0.25, 0.3) is 0 Å². The average molecular weight is 396 g/mol. The molecule has 0 spiro atoms. The lowest BCUT2D eigenvalue weighted by Gasteiger charge is -2.26. The zero-order valence-corrected chi connectivity index (χ0v) is 16.6. The van der Waals surface area contributed by atoms with Gasteiger partial charge in [0.15, 0.2) is 0 Å². The fraction of sp³-hybridized carbons (Fsp3) is 0.526. The molecule has 0 unspecified atom stereocenters. The Morgan fingerprint density at radius 2 is 2.00 bits per heavy atom. The van der Waals surface area contributed by atoms with E-state index in [1.807, 2.05) is 0 Å². The van der Waals surface area contributed by atoms with Gasteiger partial charge in [-0.25, -0.2) is 0 Å². The van der Waals surface area contributed by atoms with Gasteiger partial charge >= 0.3 is 0 Å². The highest BCUT2D eigenvalue weighted by Gasteiger charge is 2.21. The van der Waals surface area contributed by atoms with Crippen LogP contribution in [0.2, 0.25) is 5.02 Å². The van der Waals surface area contributed by atoms with E-state index in [0.717, 1.165) is 25.7 Å². The van der Waals surface area contributed by atoms with Crippen LogP contribution in [0.5, 0.6) is 5.75 Å². The van der Waals surface area contributed by atoms with Crippen LogP contribution in [0.1, 0.15) is 32.1 Å². The van der Waals surface area contributed by atoms with Crippen molar-refractivity contribution in [2.45, 2.75) is 32.1 Å². The monoisotopic (exact) mass is 395 g/mol. The predicted octanol–water partition coefficient (Wildman–Crippen LogP) is 2.54. The molecule has 1 N–H and O–H groups in total. The van der Waals surface area contributed by atoms with Crippen molar-refractivity contribution < 1.29 is 19.1 Å². The second kappa shape index (κ2) is 10.2. The van der Waals surface area contributed by atoms with Crippen molar-refractivity contribution in [3.05, 3.63) is 23.2 Å². The number of hydrogen-bond donors (Lipinski definition) is 1. The van der Waals surface area contributed by atoms with Crippen LogP contribution in [0.3, 0.4) is 0 Å². The van der Waals surface area contributed by atoms with Gasteiger partial charge in [0.2, 0.25) is 17.7 Å². The number of benzene rings is 1. The van der Waals surface area contributed by atoms with Crippen molar-refractivity contribution in [3.8, 4) is 5.75 Å². The predicted molar refractivity (Wildman–Crippen MR) is 104 cm³/mol. The van der Waals surface area contributed by atoms with E-state index >= 15 is 0 Å². The maximum atomic E-state index is 12.4. The summed E-state index contributed by atoms with van der Waals surface area (Å²) in [4.78, 5) is 39.8. The number of carbonyl (C=O) groups excluding carboxylic acids is 3. The molecule has 1 aliphatic rings. The minimum absolute atomic E-state index is 0.00307. The molecule has 7 nitrogen and oxygen atoms in total. The van der Waals surface area contributed by atoms with Crippen molar-refractivity contribution in [1.29, 1.82) is 0 Å². The topological polar surface area (TPSA) is 79.0 Å². The van der Waals surface area contributed by atoms with Gasteiger partial charge < -0.3 is 19.9 Å². The third kappa shape index (κ3) is 6.43. The number of anilines is 1. The second-order valence-electron chi connectivity index (χ2n) is 6.62. The number of nitrogens with zero attached hydrogens (tertiary/aromatic N) is 2. The highest BCUT2D eigenvalue weighted by molar-refractivity contribution is 6.31. The summed E-state index contributed by atoms with van der Waals surface area (Å²) < 4.78 is 5.19. The summed E-state index contributed by atoms with van der Waals surface area (Å²) in [6, 6.07) is 4.89. The number of nitrogens with one attached hydrogen (secondary N) is 1. The number of likely N-dealkylation sites (tertiary alicyclic amines) is 1. The maximum absolute atomic E-state index is 12.4. The van der Waals surface area contributed by atoms with Crippen molar-refractivity contribution in [1.82, 2.24) is 9.80 Å². The van der Waals surface area contributed by atoms with Gasteiger partial charge in [0.1, 0.15) is 5.75 Å². The molecule has 1 fully saturated rings. The molecular weight excluding hydrogens is 370 g/mol. The lowest BCUT2D eigenvalue weighted by Crippen LogP contribution is -2.44. The molecule has 148 valence electrons. The molecule has 1 aromatic carbocycles. The Morgan fingerprint density at radius 3 is 2.74 bits per heavy atom. The Balaban J connectivity index is 1.90. The van der Waals surface area contributed by atoms with Gasteiger partial charge in [0.05, 0.1) is 25.9 Å². The number of hydrogen-bond acceptors (Lipinski definition) is 4. The lowest BCUT2D eigenvalue weighted by atomic mass is 10.1. The van der Waals surface area contributed by atoms with E-state index in [1.54, 1.807) is 30.1 Å². The van der Waals surface area contributed by atoms with E-state index in [0.29, 0.717) is 29.4 Å².